The van der Waals surface area contributed by atoms with Gasteiger partial charge >= 0.3 is 0 Å². The summed E-state index contributed by atoms with van der Waals surface area (Å²) in [7, 11) is 0. The molecule has 0 spiro atoms. The fraction of sp³-hybridized carbons (Fsp3) is 0.250. The van der Waals surface area contributed by atoms with Crippen molar-refractivity contribution in [1.82, 2.24) is 15.0 Å². The molecule has 0 radical (unpaired) electrons. The first kappa shape index (κ1) is 8.47. The molecule has 0 saturated carbocycles. The third kappa shape index (κ3) is 1.64. The van der Waals surface area contributed by atoms with E-state index in [1.54, 1.807) is 18.2 Å². The van der Waals surface area contributed by atoms with Crippen LogP contribution in [-0.2, 0) is 6.54 Å². The van der Waals surface area contributed by atoms with E-state index in [0.717, 1.165) is 11.0 Å². The number of halogens is 1. The summed E-state index contributed by atoms with van der Waals surface area (Å²) in [6.07, 6.45) is 0. The van der Waals surface area contributed by atoms with Gasteiger partial charge < -0.3 is 5.11 Å². The van der Waals surface area contributed by atoms with Crippen molar-refractivity contribution in [3.05, 3.63) is 23.2 Å². The molecule has 1 heterocycles. The van der Waals surface area contributed by atoms with Crippen LogP contribution in [-0.4, -0.2) is 26.7 Å². The molecule has 1 aromatic heterocycles. The quantitative estimate of drug-likeness (QED) is 0.784. The lowest BCUT2D eigenvalue weighted by molar-refractivity contribution is 0.261. The molecule has 2 rings (SSSR count). The van der Waals surface area contributed by atoms with E-state index in [0.29, 0.717) is 11.6 Å². The van der Waals surface area contributed by atoms with Crippen LogP contribution in [0.4, 0.5) is 0 Å². The second-order valence-electron chi connectivity index (χ2n) is 2.65. The van der Waals surface area contributed by atoms with E-state index in [-0.39, 0.29) is 6.61 Å². The summed E-state index contributed by atoms with van der Waals surface area (Å²) in [5.74, 6) is 0. The Balaban J connectivity index is 2.49. The summed E-state index contributed by atoms with van der Waals surface area (Å²) in [5, 5.41) is 17.6. The SMILES string of the molecule is OCCn1nc2ccc(Cl)cc2n1. The topological polar surface area (TPSA) is 50.9 Å². The summed E-state index contributed by atoms with van der Waals surface area (Å²) < 4.78 is 0. The van der Waals surface area contributed by atoms with E-state index < -0.39 is 0 Å². The van der Waals surface area contributed by atoms with Crippen molar-refractivity contribution in [3.8, 4) is 0 Å². The van der Waals surface area contributed by atoms with Crippen molar-refractivity contribution < 1.29 is 5.11 Å². The first-order valence-corrected chi connectivity index (χ1v) is 4.28. The van der Waals surface area contributed by atoms with Crippen LogP contribution < -0.4 is 0 Å². The predicted molar refractivity (Wildman–Crippen MR) is 49.6 cm³/mol. The molecule has 13 heavy (non-hydrogen) atoms. The minimum Gasteiger partial charge on any atom is -0.394 e. The minimum atomic E-state index is 0.0364. The fourth-order valence-electron chi connectivity index (χ4n) is 1.12. The highest BCUT2D eigenvalue weighted by Gasteiger charge is 2.01. The van der Waals surface area contributed by atoms with Crippen molar-refractivity contribution in [1.29, 1.82) is 0 Å². The summed E-state index contributed by atoms with van der Waals surface area (Å²) >= 11 is 5.78. The van der Waals surface area contributed by atoms with Gasteiger partial charge in [-0.2, -0.15) is 15.0 Å². The van der Waals surface area contributed by atoms with Gasteiger partial charge in [0.05, 0.1) is 13.2 Å². The number of aromatic nitrogens is 3. The first-order valence-electron chi connectivity index (χ1n) is 3.91. The van der Waals surface area contributed by atoms with Gasteiger partial charge in [0.15, 0.2) is 0 Å². The van der Waals surface area contributed by atoms with Crippen molar-refractivity contribution >= 4 is 22.6 Å². The van der Waals surface area contributed by atoms with Gasteiger partial charge in [0.2, 0.25) is 0 Å². The van der Waals surface area contributed by atoms with E-state index in [9.17, 15) is 0 Å². The molecule has 1 N–H and O–H groups in total. The maximum absolute atomic E-state index is 8.67. The highest BCUT2D eigenvalue weighted by Crippen LogP contribution is 2.15. The van der Waals surface area contributed by atoms with Crippen LogP contribution in [0.1, 0.15) is 0 Å². The largest absolute Gasteiger partial charge is 0.394 e. The maximum Gasteiger partial charge on any atom is 0.114 e. The van der Waals surface area contributed by atoms with E-state index in [4.69, 9.17) is 16.7 Å². The predicted octanol–water partition coefficient (Wildman–Crippen LogP) is 1.08. The molecule has 0 saturated heterocycles. The molecule has 0 aliphatic carbocycles. The second kappa shape index (κ2) is 3.32. The monoisotopic (exact) mass is 197 g/mol. The Morgan fingerprint density at radius 3 is 2.85 bits per heavy atom. The number of rotatable bonds is 2. The summed E-state index contributed by atoms with van der Waals surface area (Å²) in [5.41, 5.74) is 1.54. The van der Waals surface area contributed by atoms with Gasteiger partial charge in [0, 0.05) is 5.02 Å². The van der Waals surface area contributed by atoms with Gasteiger partial charge in [-0.3, -0.25) is 0 Å². The molecule has 0 atom stereocenters. The lowest BCUT2D eigenvalue weighted by atomic mass is 10.3. The zero-order valence-electron chi connectivity index (χ0n) is 6.81. The average Bonchev–Trinajstić information content (AvgIpc) is 2.46. The van der Waals surface area contributed by atoms with Gasteiger partial charge in [-0.05, 0) is 18.2 Å². The molecule has 0 aliphatic heterocycles. The molecule has 2 aromatic rings. The van der Waals surface area contributed by atoms with Crippen molar-refractivity contribution in [2.45, 2.75) is 6.54 Å². The molecule has 4 nitrogen and oxygen atoms in total. The van der Waals surface area contributed by atoms with Crippen LogP contribution in [0.5, 0.6) is 0 Å². The van der Waals surface area contributed by atoms with Crippen LogP contribution >= 0.6 is 11.6 Å². The number of aliphatic hydroxyl groups excluding tert-OH is 1. The maximum atomic E-state index is 8.67. The summed E-state index contributed by atoms with van der Waals surface area (Å²) in [6.45, 7) is 0.445. The van der Waals surface area contributed by atoms with Crippen LogP contribution in [0.2, 0.25) is 5.02 Å². The van der Waals surface area contributed by atoms with Crippen LogP contribution in [0, 0.1) is 0 Å². The number of hydrogen-bond acceptors (Lipinski definition) is 3. The van der Waals surface area contributed by atoms with Gasteiger partial charge in [-0.1, -0.05) is 11.6 Å². The van der Waals surface area contributed by atoms with Crippen LogP contribution in [0.25, 0.3) is 11.0 Å². The van der Waals surface area contributed by atoms with Gasteiger partial charge in [0.25, 0.3) is 0 Å². The lowest BCUT2D eigenvalue weighted by Crippen LogP contribution is -2.05. The Bertz CT molecular complexity index is 426. The third-order valence-corrected chi connectivity index (χ3v) is 1.92. The Hall–Kier alpha value is -1.13. The zero-order chi connectivity index (χ0) is 9.26. The number of benzene rings is 1. The Morgan fingerprint density at radius 1 is 1.31 bits per heavy atom. The number of nitrogens with zero attached hydrogens (tertiary/aromatic N) is 3. The number of aliphatic hydroxyl groups is 1. The fourth-order valence-corrected chi connectivity index (χ4v) is 1.29. The van der Waals surface area contributed by atoms with Gasteiger partial charge in [0.1, 0.15) is 11.0 Å². The molecule has 0 unspecified atom stereocenters. The Morgan fingerprint density at radius 2 is 2.08 bits per heavy atom. The van der Waals surface area contributed by atoms with Crippen molar-refractivity contribution in [2.75, 3.05) is 6.61 Å². The van der Waals surface area contributed by atoms with E-state index in [1.807, 2.05) is 0 Å². The second-order valence-corrected chi connectivity index (χ2v) is 3.09. The molecule has 1 aromatic carbocycles. The Labute approximate surface area is 79.7 Å². The van der Waals surface area contributed by atoms with Gasteiger partial charge in [-0.25, -0.2) is 0 Å². The van der Waals surface area contributed by atoms with E-state index in [1.165, 1.54) is 4.80 Å². The molecule has 0 aliphatic rings. The molecule has 68 valence electrons. The molecule has 5 heteroatoms. The van der Waals surface area contributed by atoms with E-state index in [2.05, 4.69) is 10.2 Å². The van der Waals surface area contributed by atoms with Crippen LogP contribution in [0.15, 0.2) is 18.2 Å². The normalized spacial score (nSPS) is 10.9. The zero-order valence-corrected chi connectivity index (χ0v) is 7.57. The van der Waals surface area contributed by atoms with Crippen molar-refractivity contribution in [3.63, 3.8) is 0 Å². The molecule has 0 bridgehead atoms. The number of fused-ring (bicyclic) bond motifs is 1. The van der Waals surface area contributed by atoms with E-state index >= 15 is 0 Å². The Kier molecular flexibility index (Phi) is 2.16. The lowest BCUT2D eigenvalue weighted by Gasteiger charge is -1.90. The highest BCUT2D eigenvalue weighted by molar-refractivity contribution is 6.31. The van der Waals surface area contributed by atoms with Crippen LogP contribution in [0.3, 0.4) is 0 Å². The van der Waals surface area contributed by atoms with Gasteiger partial charge in [-0.15, -0.1) is 0 Å². The molecular weight excluding hydrogens is 190 g/mol. The number of hydrogen-bond donors (Lipinski definition) is 1. The third-order valence-electron chi connectivity index (χ3n) is 1.68. The molecular formula is C8H8ClN3O. The first-order chi connectivity index (χ1) is 6.29. The highest BCUT2D eigenvalue weighted by atomic mass is 35.5. The smallest absolute Gasteiger partial charge is 0.114 e. The molecule has 0 amide bonds. The average molecular weight is 198 g/mol. The minimum absolute atomic E-state index is 0.0364. The molecule has 0 fully saturated rings. The summed E-state index contributed by atoms with van der Waals surface area (Å²) in [6, 6.07) is 5.32. The summed E-state index contributed by atoms with van der Waals surface area (Å²) in [4.78, 5) is 1.46. The van der Waals surface area contributed by atoms with Crippen molar-refractivity contribution in [2.24, 2.45) is 0 Å². The standard InChI is InChI=1S/C8H8ClN3O/c9-6-1-2-7-8(5-6)11-12(10-7)3-4-13/h1-2,5,13H,3-4H2.